The number of nitrogens with zero attached hydrogens (tertiary/aromatic N) is 1. The summed E-state index contributed by atoms with van der Waals surface area (Å²) in [6.07, 6.45) is 1.38. The lowest BCUT2D eigenvalue weighted by atomic mass is 10.3. The lowest BCUT2D eigenvalue weighted by Crippen LogP contribution is -2.15. The first-order chi connectivity index (χ1) is 8.90. The molecule has 0 saturated carbocycles. The predicted octanol–water partition coefficient (Wildman–Crippen LogP) is 2.92. The molecule has 1 aromatic carbocycles. The zero-order valence-electron chi connectivity index (χ0n) is 9.27. The molecular weight excluding hydrogens is 342 g/mol. The number of hydrogen-bond acceptors (Lipinski definition) is 3. The van der Waals surface area contributed by atoms with Crippen molar-refractivity contribution < 1.29 is 17.2 Å². The van der Waals surface area contributed by atoms with E-state index in [1.165, 1.54) is 6.20 Å². The van der Waals surface area contributed by atoms with E-state index in [-0.39, 0.29) is 5.82 Å². The summed E-state index contributed by atoms with van der Waals surface area (Å²) in [4.78, 5) is 3.16. The van der Waals surface area contributed by atoms with Gasteiger partial charge in [-0.05, 0) is 40.2 Å². The molecule has 4 nitrogen and oxygen atoms in total. The van der Waals surface area contributed by atoms with Gasteiger partial charge in [0.15, 0.2) is 5.82 Å². The minimum atomic E-state index is -4.17. The highest BCUT2D eigenvalue weighted by Gasteiger charge is 2.20. The topological polar surface area (TPSA) is 59.1 Å². The monoisotopic (exact) mass is 348 g/mol. The molecular formula is C11H7BrF2N2O2S. The molecule has 0 aliphatic heterocycles. The molecule has 0 unspecified atom stereocenters. The Bertz CT molecular complexity index is 722. The molecule has 0 atom stereocenters. The Morgan fingerprint density at radius 3 is 2.58 bits per heavy atom. The molecule has 0 aliphatic carbocycles. The van der Waals surface area contributed by atoms with Gasteiger partial charge < -0.3 is 0 Å². The van der Waals surface area contributed by atoms with E-state index in [9.17, 15) is 17.2 Å². The van der Waals surface area contributed by atoms with E-state index >= 15 is 0 Å². The minimum absolute atomic E-state index is 0.0197. The number of pyridine rings is 1. The lowest BCUT2D eigenvalue weighted by Gasteiger charge is -2.09. The Kier molecular flexibility index (Phi) is 3.81. The third-order valence-electron chi connectivity index (χ3n) is 2.17. The van der Waals surface area contributed by atoms with Crippen LogP contribution in [0.3, 0.4) is 0 Å². The second kappa shape index (κ2) is 5.22. The van der Waals surface area contributed by atoms with Crippen LogP contribution in [-0.4, -0.2) is 13.4 Å². The van der Waals surface area contributed by atoms with E-state index in [1.807, 2.05) is 0 Å². The largest absolute Gasteiger partial charge is 0.266 e. The molecule has 0 fully saturated rings. The molecule has 0 amide bonds. The summed E-state index contributed by atoms with van der Waals surface area (Å²) in [6, 6.07) is 5.39. The van der Waals surface area contributed by atoms with Gasteiger partial charge in [0.2, 0.25) is 0 Å². The van der Waals surface area contributed by atoms with Crippen LogP contribution in [0.5, 0.6) is 0 Å². The van der Waals surface area contributed by atoms with Crippen LogP contribution in [-0.2, 0) is 10.0 Å². The first kappa shape index (κ1) is 13.9. The third kappa shape index (κ3) is 3.07. The van der Waals surface area contributed by atoms with Gasteiger partial charge in [-0.2, -0.15) is 0 Å². The van der Waals surface area contributed by atoms with Crippen LogP contribution in [0.15, 0.2) is 45.9 Å². The van der Waals surface area contributed by atoms with Gasteiger partial charge in [0.1, 0.15) is 16.5 Å². The zero-order chi connectivity index (χ0) is 14.0. The second-order valence-corrected chi connectivity index (χ2v) is 6.02. The van der Waals surface area contributed by atoms with Crippen LogP contribution in [0, 0.1) is 11.6 Å². The van der Waals surface area contributed by atoms with Crippen molar-refractivity contribution in [3.05, 3.63) is 52.6 Å². The Morgan fingerprint density at radius 2 is 1.95 bits per heavy atom. The number of nitrogens with one attached hydrogen (secondary N) is 1. The molecule has 0 radical (unpaired) electrons. The molecule has 1 N–H and O–H groups in total. The fraction of sp³-hybridized carbons (Fsp3) is 0. The summed E-state index contributed by atoms with van der Waals surface area (Å²) >= 11 is 3.11. The van der Waals surface area contributed by atoms with E-state index in [2.05, 4.69) is 25.6 Å². The molecule has 0 aliphatic rings. The SMILES string of the molecule is O=S(=O)(Nc1ncccc1Br)c1ccc(F)cc1F. The van der Waals surface area contributed by atoms with Crippen molar-refractivity contribution in [1.82, 2.24) is 4.98 Å². The summed E-state index contributed by atoms with van der Waals surface area (Å²) in [7, 11) is -4.17. The highest BCUT2D eigenvalue weighted by molar-refractivity contribution is 9.10. The number of anilines is 1. The number of halogens is 3. The van der Waals surface area contributed by atoms with Gasteiger partial charge in [0.25, 0.3) is 10.0 Å². The smallest absolute Gasteiger partial charge is 0.262 e. The average Bonchev–Trinajstić information content (AvgIpc) is 2.31. The van der Waals surface area contributed by atoms with Crippen molar-refractivity contribution >= 4 is 31.8 Å². The van der Waals surface area contributed by atoms with Crippen molar-refractivity contribution in [2.24, 2.45) is 0 Å². The van der Waals surface area contributed by atoms with Crippen LogP contribution in [0.4, 0.5) is 14.6 Å². The van der Waals surface area contributed by atoms with Gasteiger partial charge >= 0.3 is 0 Å². The Hall–Kier alpha value is -1.54. The summed E-state index contributed by atoms with van der Waals surface area (Å²) in [5, 5.41) is 0. The van der Waals surface area contributed by atoms with Crippen molar-refractivity contribution in [2.45, 2.75) is 4.90 Å². The van der Waals surface area contributed by atoms with E-state index in [4.69, 9.17) is 0 Å². The lowest BCUT2D eigenvalue weighted by molar-refractivity contribution is 0.551. The van der Waals surface area contributed by atoms with Crippen molar-refractivity contribution in [3.8, 4) is 0 Å². The molecule has 2 rings (SSSR count). The van der Waals surface area contributed by atoms with Crippen LogP contribution in [0.25, 0.3) is 0 Å². The summed E-state index contributed by atoms with van der Waals surface area (Å²) in [5.74, 6) is -2.00. The number of benzene rings is 1. The molecule has 8 heteroatoms. The van der Waals surface area contributed by atoms with Crippen LogP contribution < -0.4 is 4.72 Å². The Labute approximate surface area is 116 Å². The molecule has 100 valence electrons. The maximum absolute atomic E-state index is 13.5. The van der Waals surface area contributed by atoms with Crippen LogP contribution >= 0.6 is 15.9 Å². The predicted molar refractivity (Wildman–Crippen MR) is 69.1 cm³/mol. The minimum Gasteiger partial charge on any atom is -0.262 e. The number of hydrogen-bond donors (Lipinski definition) is 1. The quantitative estimate of drug-likeness (QED) is 0.927. The van der Waals surface area contributed by atoms with E-state index in [0.717, 1.165) is 12.1 Å². The summed E-state index contributed by atoms with van der Waals surface area (Å²) in [5.41, 5.74) is 0. The third-order valence-corrected chi connectivity index (χ3v) is 4.19. The van der Waals surface area contributed by atoms with Gasteiger partial charge in [-0.3, -0.25) is 4.72 Å². The van der Waals surface area contributed by atoms with E-state index < -0.39 is 26.6 Å². The molecule has 1 aromatic heterocycles. The number of sulfonamides is 1. The molecule has 2 aromatic rings. The van der Waals surface area contributed by atoms with Gasteiger partial charge in [-0.15, -0.1) is 0 Å². The Balaban J connectivity index is 2.41. The van der Waals surface area contributed by atoms with Gasteiger partial charge in [0.05, 0.1) is 4.47 Å². The summed E-state index contributed by atoms with van der Waals surface area (Å²) in [6.45, 7) is 0. The van der Waals surface area contributed by atoms with Gasteiger partial charge in [0, 0.05) is 12.3 Å². The molecule has 19 heavy (non-hydrogen) atoms. The average molecular weight is 349 g/mol. The fourth-order valence-electron chi connectivity index (χ4n) is 1.34. The maximum atomic E-state index is 13.5. The highest BCUT2D eigenvalue weighted by Crippen LogP contribution is 2.23. The Morgan fingerprint density at radius 1 is 1.21 bits per heavy atom. The molecule has 0 bridgehead atoms. The van der Waals surface area contributed by atoms with E-state index in [1.54, 1.807) is 12.1 Å². The summed E-state index contributed by atoms with van der Waals surface area (Å²) < 4.78 is 52.6. The van der Waals surface area contributed by atoms with Crippen molar-refractivity contribution in [2.75, 3.05) is 4.72 Å². The van der Waals surface area contributed by atoms with Crippen LogP contribution in [0.1, 0.15) is 0 Å². The highest BCUT2D eigenvalue weighted by atomic mass is 79.9. The molecule has 1 heterocycles. The number of rotatable bonds is 3. The molecule has 0 saturated heterocycles. The second-order valence-electron chi connectivity index (χ2n) is 3.51. The maximum Gasteiger partial charge on any atom is 0.266 e. The standard InChI is InChI=1S/C11H7BrF2N2O2S/c12-8-2-1-5-15-11(8)16-19(17,18)10-4-3-7(13)6-9(10)14/h1-6H,(H,15,16). The van der Waals surface area contributed by atoms with Gasteiger partial charge in [-0.25, -0.2) is 22.2 Å². The normalized spacial score (nSPS) is 11.3. The van der Waals surface area contributed by atoms with Crippen molar-refractivity contribution in [1.29, 1.82) is 0 Å². The van der Waals surface area contributed by atoms with Crippen LogP contribution in [0.2, 0.25) is 0 Å². The van der Waals surface area contributed by atoms with Crippen molar-refractivity contribution in [3.63, 3.8) is 0 Å². The van der Waals surface area contributed by atoms with Gasteiger partial charge in [-0.1, -0.05) is 0 Å². The zero-order valence-corrected chi connectivity index (χ0v) is 11.7. The molecule has 0 spiro atoms. The fourth-order valence-corrected chi connectivity index (χ4v) is 2.91. The first-order valence-electron chi connectivity index (χ1n) is 4.98. The number of aromatic nitrogens is 1. The van der Waals surface area contributed by atoms with E-state index in [0.29, 0.717) is 10.5 Å². The first-order valence-corrected chi connectivity index (χ1v) is 7.26.